The van der Waals surface area contributed by atoms with Gasteiger partial charge in [0.05, 0.1) is 7.11 Å². The maximum absolute atomic E-state index is 11.7. The third kappa shape index (κ3) is 1.95. The Morgan fingerprint density at radius 2 is 2.24 bits per heavy atom. The molecule has 0 amide bonds. The monoisotopic (exact) mass is 236 g/mol. The van der Waals surface area contributed by atoms with Crippen LogP contribution >= 0.6 is 0 Å². The van der Waals surface area contributed by atoms with Crippen LogP contribution in [-0.4, -0.2) is 23.8 Å². The van der Waals surface area contributed by atoms with E-state index >= 15 is 0 Å². The van der Waals surface area contributed by atoms with Crippen molar-refractivity contribution in [3.05, 3.63) is 23.3 Å². The Bertz CT molecular complexity index is 467. The van der Waals surface area contributed by atoms with E-state index in [1.54, 1.807) is 26.0 Å². The van der Waals surface area contributed by atoms with Gasteiger partial charge in [-0.2, -0.15) is 0 Å². The van der Waals surface area contributed by atoms with Crippen molar-refractivity contribution in [3.63, 3.8) is 0 Å². The molecule has 0 aromatic heterocycles. The minimum Gasteiger partial charge on any atom is -0.508 e. The molecule has 0 fully saturated rings. The average Bonchev–Trinajstić information content (AvgIpc) is 2.30. The van der Waals surface area contributed by atoms with E-state index < -0.39 is 5.60 Å². The van der Waals surface area contributed by atoms with Crippen molar-refractivity contribution in [2.45, 2.75) is 32.3 Å². The zero-order valence-corrected chi connectivity index (χ0v) is 10.2. The van der Waals surface area contributed by atoms with Crippen LogP contribution in [0.15, 0.2) is 12.1 Å². The zero-order chi connectivity index (χ0) is 12.6. The number of phenolic OH excluding ortho intramolecular Hbond substituents is 1. The molecule has 1 atom stereocenters. The largest absolute Gasteiger partial charge is 0.508 e. The molecule has 4 nitrogen and oxygen atoms in total. The fourth-order valence-corrected chi connectivity index (χ4v) is 2.03. The highest BCUT2D eigenvalue weighted by Crippen LogP contribution is 2.37. The molecule has 0 saturated heterocycles. The summed E-state index contributed by atoms with van der Waals surface area (Å²) in [6, 6.07) is 3.45. The zero-order valence-electron chi connectivity index (χ0n) is 10.2. The Morgan fingerprint density at radius 3 is 2.88 bits per heavy atom. The molecule has 0 radical (unpaired) electrons. The van der Waals surface area contributed by atoms with Gasteiger partial charge in [0.1, 0.15) is 11.5 Å². The van der Waals surface area contributed by atoms with Gasteiger partial charge in [-0.25, -0.2) is 4.79 Å². The number of esters is 1. The van der Waals surface area contributed by atoms with Crippen molar-refractivity contribution in [1.29, 1.82) is 0 Å². The van der Waals surface area contributed by atoms with Crippen molar-refractivity contribution >= 4 is 5.97 Å². The summed E-state index contributed by atoms with van der Waals surface area (Å²) in [4.78, 5) is 11.7. The van der Waals surface area contributed by atoms with Gasteiger partial charge < -0.3 is 14.6 Å². The molecule has 1 unspecified atom stereocenters. The van der Waals surface area contributed by atoms with Gasteiger partial charge in [0.25, 0.3) is 0 Å². The molecular weight excluding hydrogens is 220 g/mol. The van der Waals surface area contributed by atoms with Crippen molar-refractivity contribution in [3.8, 4) is 11.5 Å². The molecule has 0 saturated carbocycles. The van der Waals surface area contributed by atoms with E-state index in [0.717, 1.165) is 11.1 Å². The van der Waals surface area contributed by atoms with Crippen LogP contribution in [0, 0.1) is 6.92 Å². The number of ether oxygens (including phenoxy) is 2. The average molecular weight is 236 g/mol. The smallest absolute Gasteiger partial charge is 0.349 e. The van der Waals surface area contributed by atoms with E-state index in [4.69, 9.17) is 9.47 Å². The summed E-state index contributed by atoms with van der Waals surface area (Å²) in [5, 5.41) is 9.61. The fourth-order valence-electron chi connectivity index (χ4n) is 2.03. The number of carbonyl (C=O) groups excluding carboxylic acids is 1. The minimum atomic E-state index is -0.925. The first-order valence-corrected chi connectivity index (χ1v) is 5.56. The summed E-state index contributed by atoms with van der Waals surface area (Å²) in [5.74, 6) is 0.544. The number of benzene rings is 1. The van der Waals surface area contributed by atoms with Crippen LogP contribution in [0.1, 0.15) is 24.5 Å². The summed E-state index contributed by atoms with van der Waals surface area (Å²) in [6.45, 7) is 3.52. The van der Waals surface area contributed by atoms with Gasteiger partial charge in [0.15, 0.2) is 0 Å². The first-order chi connectivity index (χ1) is 7.96. The first-order valence-electron chi connectivity index (χ1n) is 5.56. The summed E-state index contributed by atoms with van der Waals surface area (Å²) in [7, 11) is 1.36. The van der Waals surface area contributed by atoms with Gasteiger partial charge in [0, 0.05) is 6.42 Å². The van der Waals surface area contributed by atoms with Crippen LogP contribution in [0.25, 0.3) is 0 Å². The Morgan fingerprint density at radius 1 is 1.53 bits per heavy atom. The number of hydrogen-bond donors (Lipinski definition) is 1. The van der Waals surface area contributed by atoms with Gasteiger partial charge in [-0.05, 0) is 43.5 Å². The number of methoxy groups -OCH3 is 1. The fraction of sp³-hybridized carbons (Fsp3) is 0.462. The molecule has 2 rings (SSSR count). The number of phenols is 1. The van der Waals surface area contributed by atoms with E-state index in [2.05, 4.69) is 0 Å². The summed E-state index contributed by atoms with van der Waals surface area (Å²) in [6.07, 6.45) is 1.24. The van der Waals surface area contributed by atoms with Gasteiger partial charge in [-0.1, -0.05) is 0 Å². The molecule has 1 aromatic carbocycles. The second-order valence-corrected chi connectivity index (χ2v) is 4.57. The molecule has 92 valence electrons. The number of aromatic hydroxyl groups is 1. The lowest BCUT2D eigenvalue weighted by Gasteiger charge is -2.33. The highest BCUT2D eigenvalue weighted by Gasteiger charge is 2.40. The van der Waals surface area contributed by atoms with E-state index in [9.17, 15) is 9.90 Å². The molecular formula is C13H16O4. The lowest BCUT2D eigenvalue weighted by atomic mass is 9.92. The Hall–Kier alpha value is -1.71. The summed E-state index contributed by atoms with van der Waals surface area (Å²) < 4.78 is 10.5. The standard InChI is InChI=1S/C13H16O4/c1-8-6-11-9(7-10(8)14)4-5-13(2,17-11)12(15)16-3/h6-7,14H,4-5H2,1-3H3. The van der Waals surface area contributed by atoms with Gasteiger partial charge in [-0.15, -0.1) is 0 Å². The van der Waals surface area contributed by atoms with Crippen LogP contribution in [0.2, 0.25) is 0 Å². The molecule has 1 aromatic rings. The number of hydrogen-bond acceptors (Lipinski definition) is 4. The molecule has 1 aliphatic rings. The highest BCUT2D eigenvalue weighted by atomic mass is 16.6. The van der Waals surface area contributed by atoms with Crippen molar-refractivity contribution < 1.29 is 19.4 Å². The van der Waals surface area contributed by atoms with Crippen LogP contribution in [0.3, 0.4) is 0 Å². The molecule has 1 N–H and O–H groups in total. The number of fused-ring (bicyclic) bond motifs is 1. The first kappa shape index (κ1) is 11.8. The van der Waals surface area contributed by atoms with E-state index in [1.165, 1.54) is 7.11 Å². The molecule has 1 aliphatic heterocycles. The molecule has 4 heteroatoms. The molecule has 0 aliphatic carbocycles. The van der Waals surface area contributed by atoms with Crippen LogP contribution < -0.4 is 4.74 Å². The van der Waals surface area contributed by atoms with Gasteiger partial charge in [0.2, 0.25) is 5.60 Å². The van der Waals surface area contributed by atoms with Gasteiger partial charge in [-0.3, -0.25) is 0 Å². The van der Waals surface area contributed by atoms with Crippen LogP contribution in [0.4, 0.5) is 0 Å². The van der Waals surface area contributed by atoms with Crippen LogP contribution in [-0.2, 0) is 16.0 Å². The summed E-state index contributed by atoms with van der Waals surface area (Å²) >= 11 is 0. The third-order valence-electron chi connectivity index (χ3n) is 3.20. The minimum absolute atomic E-state index is 0.258. The topological polar surface area (TPSA) is 55.8 Å². The number of carbonyl (C=O) groups is 1. The number of aryl methyl sites for hydroxylation is 2. The highest BCUT2D eigenvalue weighted by molar-refractivity contribution is 5.80. The maximum atomic E-state index is 11.7. The predicted molar refractivity (Wildman–Crippen MR) is 62.2 cm³/mol. The van der Waals surface area contributed by atoms with Gasteiger partial charge >= 0.3 is 5.97 Å². The Balaban J connectivity index is 2.36. The normalized spacial score (nSPS) is 22.5. The van der Waals surface area contributed by atoms with Crippen molar-refractivity contribution in [2.24, 2.45) is 0 Å². The molecule has 17 heavy (non-hydrogen) atoms. The van der Waals surface area contributed by atoms with Crippen LogP contribution in [0.5, 0.6) is 11.5 Å². The maximum Gasteiger partial charge on any atom is 0.349 e. The van der Waals surface area contributed by atoms with Crippen molar-refractivity contribution in [1.82, 2.24) is 0 Å². The quantitative estimate of drug-likeness (QED) is 0.757. The summed E-state index contributed by atoms with van der Waals surface area (Å²) in [5.41, 5.74) is 0.734. The van der Waals surface area contributed by atoms with E-state index in [-0.39, 0.29) is 11.7 Å². The lowest BCUT2D eigenvalue weighted by Crippen LogP contribution is -2.45. The Kier molecular flexibility index (Phi) is 2.73. The van der Waals surface area contributed by atoms with E-state index in [0.29, 0.717) is 18.6 Å². The van der Waals surface area contributed by atoms with Crippen molar-refractivity contribution in [2.75, 3.05) is 7.11 Å². The second kappa shape index (κ2) is 3.95. The molecule has 0 spiro atoms. The predicted octanol–water partition coefficient (Wildman–Crippen LogP) is 1.96. The Labute approximate surface area is 100 Å². The molecule has 1 heterocycles. The SMILES string of the molecule is COC(=O)C1(C)CCc2cc(O)c(C)cc2O1. The van der Waals surface area contributed by atoms with E-state index in [1.807, 2.05) is 0 Å². The lowest BCUT2D eigenvalue weighted by molar-refractivity contribution is -0.159. The third-order valence-corrected chi connectivity index (χ3v) is 3.20. The second-order valence-electron chi connectivity index (χ2n) is 4.57. The number of rotatable bonds is 1. The molecule has 0 bridgehead atoms.